The first-order chi connectivity index (χ1) is 11.4. The van der Waals surface area contributed by atoms with Gasteiger partial charge in [-0.2, -0.15) is 0 Å². The lowest BCUT2D eigenvalue weighted by Crippen LogP contribution is -2.47. The Kier molecular flexibility index (Phi) is 5.17. The van der Waals surface area contributed by atoms with Crippen molar-refractivity contribution in [3.05, 3.63) is 17.0 Å². The van der Waals surface area contributed by atoms with E-state index in [2.05, 4.69) is 17.1 Å². The van der Waals surface area contributed by atoms with Crippen LogP contribution in [0.4, 0.5) is 4.79 Å². The molecular weight excluding hydrogens is 346 g/mol. The second-order valence-corrected chi connectivity index (χ2v) is 10.1. The highest BCUT2D eigenvalue weighted by Gasteiger charge is 2.37. The molecule has 0 aromatic carbocycles. The number of nitrogens with one attached hydrogen (secondary N) is 1. The van der Waals surface area contributed by atoms with Crippen LogP contribution in [0.3, 0.4) is 0 Å². The van der Waals surface area contributed by atoms with Gasteiger partial charge in [0.2, 0.25) is 0 Å². The van der Waals surface area contributed by atoms with Crippen LogP contribution in [-0.4, -0.2) is 62.2 Å². The molecule has 0 aliphatic carbocycles. The molecule has 2 amide bonds. The molecule has 3 heterocycles. The zero-order valence-corrected chi connectivity index (χ0v) is 15.8. The van der Waals surface area contributed by atoms with Crippen molar-refractivity contribution in [3.8, 4) is 0 Å². The van der Waals surface area contributed by atoms with E-state index < -0.39 is 9.84 Å². The maximum absolute atomic E-state index is 12.5. The molecule has 8 heteroatoms. The number of nitrogens with zero attached hydrogens (tertiary/aromatic N) is 2. The number of hydrogen-bond acceptors (Lipinski definition) is 5. The Balaban J connectivity index is 1.54. The fourth-order valence-electron chi connectivity index (χ4n) is 3.69. The quantitative estimate of drug-likeness (QED) is 0.878. The summed E-state index contributed by atoms with van der Waals surface area (Å²) < 4.78 is 23.4. The molecule has 2 saturated heterocycles. The van der Waals surface area contributed by atoms with Gasteiger partial charge in [-0.3, -0.25) is 4.90 Å². The molecule has 6 nitrogen and oxygen atoms in total. The summed E-state index contributed by atoms with van der Waals surface area (Å²) in [6.45, 7) is 5.58. The molecule has 0 spiro atoms. The SMILES string of the molecule is C[C@H]1[C@@H](N2CCCC2)CCN1C(=O)NCc1ccc(S(C)(=O)=O)s1. The van der Waals surface area contributed by atoms with Crippen molar-refractivity contribution in [2.45, 2.75) is 49.0 Å². The fourth-order valence-corrected chi connectivity index (χ4v) is 5.60. The van der Waals surface area contributed by atoms with Crippen LogP contribution >= 0.6 is 11.3 Å². The molecule has 2 aliphatic rings. The Bertz CT molecular complexity index is 695. The molecule has 24 heavy (non-hydrogen) atoms. The lowest BCUT2D eigenvalue weighted by molar-refractivity contribution is 0.168. The average Bonchev–Trinajstić information content (AvgIpc) is 3.24. The first-order valence-electron chi connectivity index (χ1n) is 8.43. The van der Waals surface area contributed by atoms with Crippen LogP contribution in [0.1, 0.15) is 31.1 Å². The van der Waals surface area contributed by atoms with E-state index in [9.17, 15) is 13.2 Å². The normalized spacial score (nSPS) is 25.3. The van der Waals surface area contributed by atoms with Crippen molar-refractivity contribution in [1.29, 1.82) is 0 Å². The van der Waals surface area contributed by atoms with Gasteiger partial charge in [-0.05, 0) is 51.4 Å². The van der Waals surface area contributed by atoms with Crippen molar-refractivity contribution >= 4 is 27.2 Å². The molecule has 0 saturated carbocycles. The summed E-state index contributed by atoms with van der Waals surface area (Å²) in [5, 5.41) is 2.93. The summed E-state index contributed by atoms with van der Waals surface area (Å²) in [6, 6.07) is 4.00. The number of urea groups is 1. The van der Waals surface area contributed by atoms with E-state index in [0.717, 1.165) is 30.9 Å². The zero-order valence-electron chi connectivity index (χ0n) is 14.2. The van der Waals surface area contributed by atoms with Crippen LogP contribution in [0.2, 0.25) is 0 Å². The first-order valence-corrected chi connectivity index (χ1v) is 11.1. The van der Waals surface area contributed by atoms with E-state index in [1.165, 1.54) is 30.4 Å². The molecule has 2 atom stereocenters. The van der Waals surface area contributed by atoms with Gasteiger partial charge in [0.05, 0.1) is 6.54 Å². The molecule has 2 fully saturated rings. The third-order valence-electron chi connectivity index (χ3n) is 5.00. The molecule has 0 bridgehead atoms. The maximum Gasteiger partial charge on any atom is 0.317 e. The summed E-state index contributed by atoms with van der Waals surface area (Å²) in [7, 11) is -3.17. The average molecular weight is 372 g/mol. The zero-order chi connectivity index (χ0) is 17.3. The Morgan fingerprint density at radius 2 is 2.00 bits per heavy atom. The number of hydrogen-bond donors (Lipinski definition) is 1. The highest BCUT2D eigenvalue weighted by molar-refractivity contribution is 7.92. The van der Waals surface area contributed by atoms with E-state index in [4.69, 9.17) is 0 Å². The molecular formula is C16H25N3O3S2. The van der Waals surface area contributed by atoms with Crippen LogP contribution in [0.5, 0.6) is 0 Å². The molecule has 1 N–H and O–H groups in total. The summed E-state index contributed by atoms with van der Waals surface area (Å²) >= 11 is 1.22. The standard InChI is InChI=1S/C16H25N3O3S2/c1-12-14(18-8-3-4-9-18)7-10-19(12)16(20)17-11-13-5-6-15(23-13)24(2,21)22/h5-6,12,14H,3-4,7-11H2,1-2H3,(H,17,20)/t12-,14-/m0/s1. The predicted octanol–water partition coefficient (Wildman–Crippen LogP) is 1.92. The molecule has 2 aliphatic heterocycles. The van der Waals surface area contributed by atoms with Crippen LogP contribution in [0, 0.1) is 0 Å². The van der Waals surface area contributed by atoms with Crippen molar-refractivity contribution in [2.24, 2.45) is 0 Å². The van der Waals surface area contributed by atoms with Gasteiger partial charge in [-0.25, -0.2) is 13.2 Å². The number of carbonyl (C=O) groups is 1. The van der Waals surface area contributed by atoms with Gasteiger partial charge in [-0.15, -0.1) is 11.3 Å². The van der Waals surface area contributed by atoms with Gasteiger partial charge in [-0.1, -0.05) is 0 Å². The van der Waals surface area contributed by atoms with Gasteiger partial charge in [0.25, 0.3) is 0 Å². The minimum atomic E-state index is -3.17. The summed E-state index contributed by atoms with van der Waals surface area (Å²) in [6.07, 6.45) is 4.75. The van der Waals surface area contributed by atoms with E-state index in [0.29, 0.717) is 16.8 Å². The second-order valence-electron chi connectivity index (χ2n) is 6.68. The topological polar surface area (TPSA) is 69.7 Å². The smallest absolute Gasteiger partial charge is 0.317 e. The van der Waals surface area contributed by atoms with Crippen LogP contribution < -0.4 is 5.32 Å². The first kappa shape index (κ1) is 17.7. The summed E-state index contributed by atoms with van der Waals surface area (Å²) in [5.74, 6) is 0. The highest BCUT2D eigenvalue weighted by Crippen LogP contribution is 2.26. The largest absolute Gasteiger partial charge is 0.333 e. The molecule has 1 aromatic heterocycles. The van der Waals surface area contributed by atoms with Crippen LogP contribution in [-0.2, 0) is 16.4 Å². The highest BCUT2D eigenvalue weighted by atomic mass is 32.2. The molecule has 134 valence electrons. The molecule has 1 aromatic rings. The summed E-state index contributed by atoms with van der Waals surface area (Å²) in [4.78, 5) is 17.7. The molecule has 0 unspecified atom stereocenters. The molecule has 3 rings (SSSR count). The Morgan fingerprint density at radius 3 is 2.62 bits per heavy atom. The van der Waals surface area contributed by atoms with Gasteiger partial charge in [0.1, 0.15) is 4.21 Å². The minimum absolute atomic E-state index is 0.0569. The van der Waals surface area contributed by atoms with Gasteiger partial charge in [0, 0.05) is 29.8 Å². The van der Waals surface area contributed by atoms with Gasteiger partial charge < -0.3 is 10.2 Å². The monoisotopic (exact) mass is 371 g/mol. The minimum Gasteiger partial charge on any atom is -0.333 e. The van der Waals surface area contributed by atoms with Crippen LogP contribution in [0.15, 0.2) is 16.3 Å². The second kappa shape index (κ2) is 7.01. The third-order valence-corrected chi connectivity index (χ3v) is 7.91. The van der Waals surface area contributed by atoms with Crippen molar-refractivity contribution in [1.82, 2.24) is 15.1 Å². The number of sulfone groups is 1. The summed E-state index contributed by atoms with van der Waals surface area (Å²) in [5.41, 5.74) is 0. The number of carbonyl (C=O) groups excluding carboxylic acids is 1. The predicted molar refractivity (Wildman–Crippen MR) is 95.0 cm³/mol. The molecule has 0 radical (unpaired) electrons. The lowest BCUT2D eigenvalue weighted by Gasteiger charge is -2.30. The third kappa shape index (κ3) is 3.75. The van der Waals surface area contributed by atoms with Crippen LogP contribution in [0.25, 0.3) is 0 Å². The Hall–Kier alpha value is -1.12. The van der Waals surface area contributed by atoms with E-state index >= 15 is 0 Å². The fraction of sp³-hybridized carbons (Fsp3) is 0.688. The number of rotatable bonds is 4. The number of thiophene rings is 1. The Labute approximate surface area is 147 Å². The van der Waals surface area contributed by atoms with Crippen molar-refractivity contribution < 1.29 is 13.2 Å². The van der Waals surface area contributed by atoms with Crippen molar-refractivity contribution in [3.63, 3.8) is 0 Å². The maximum atomic E-state index is 12.5. The van der Waals surface area contributed by atoms with E-state index in [1.54, 1.807) is 12.1 Å². The Morgan fingerprint density at radius 1 is 1.29 bits per heavy atom. The van der Waals surface area contributed by atoms with Gasteiger partial charge >= 0.3 is 6.03 Å². The lowest BCUT2D eigenvalue weighted by atomic mass is 10.1. The van der Waals surface area contributed by atoms with Crippen molar-refractivity contribution in [2.75, 3.05) is 25.9 Å². The van der Waals surface area contributed by atoms with Gasteiger partial charge in [0.15, 0.2) is 9.84 Å². The number of likely N-dealkylation sites (tertiary alicyclic amines) is 2. The number of amides is 2. The van der Waals surface area contributed by atoms with E-state index in [1.807, 2.05) is 4.90 Å². The van der Waals surface area contributed by atoms with E-state index in [-0.39, 0.29) is 12.1 Å².